The highest BCUT2D eigenvalue weighted by Crippen LogP contribution is 2.26. The molecule has 1 aliphatic rings. The molecular formula is C12H27N3O. The minimum absolute atomic E-state index is 0.0422. The smallest absolute Gasteiger partial charge is 0.0736 e. The fourth-order valence-corrected chi connectivity index (χ4v) is 2.43. The number of hydrogen-bond donors (Lipinski definition) is 1. The molecule has 0 aliphatic carbocycles. The first-order chi connectivity index (χ1) is 7.45. The van der Waals surface area contributed by atoms with E-state index in [0.29, 0.717) is 12.6 Å². The van der Waals surface area contributed by atoms with E-state index >= 15 is 0 Å². The fourth-order valence-electron chi connectivity index (χ4n) is 2.43. The quantitative estimate of drug-likeness (QED) is 0.740. The highest BCUT2D eigenvalue weighted by Gasteiger charge is 2.40. The normalized spacial score (nSPS) is 28.3. The molecule has 3 atom stereocenters. The number of likely N-dealkylation sites (N-methyl/N-ethyl adjacent to an activating group) is 1. The molecule has 1 rings (SSSR count). The first-order valence-electron chi connectivity index (χ1n) is 6.10. The lowest BCUT2D eigenvalue weighted by Crippen LogP contribution is -2.58. The molecule has 3 unspecified atom stereocenters. The molecule has 1 aliphatic heterocycles. The van der Waals surface area contributed by atoms with Crippen LogP contribution in [0.4, 0.5) is 0 Å². The topological polar surface area (TPSA) is 41.7 Å². The summed E-state index contributed by atoms with van der Waals surface area (Å²) in [5.41, 5.74) is 5.91. The first-order valence-corrected chi connectivity index (χ1v) is 6.10. The van der Waals surface area contributed by atoms with Gasteiger partial charge in [-0.15, -0.1) is 0 Å². The van der Waals surface area contributed by atoms with Gasteiger partial charge >= 0.3 is 0 Å². The number of ether oxygens (including phenoxy) is 1. The maximum absolute atomic E-state index is 5.95. The van der Waals surface area contributed by atoms with Crippen molar-refractivity contribution in [1.29, 1.82) is 0 Å². The maximum atomic E-state index is 5.95. The van der Waals surface area contributed by atoms with Crippen LogP contribution in [0.2, 0.25) is 0 Å². The number of nitrogens with zero attached hydrogens (tertiary/aromatic N) is 2. The minimum atomic E-state index is -0.0422. The van der Waals surface area contributed by atoms with Gasteiger partial charge in [-0.2, -0.15) is 0 Å². The summed E-state index contributed by atoms with van der Waals surface area (Å²) in [5, 5.41) is 0. The molecule has 0 aromatic heterocycles. The van der Waals surface area contributed by atoms with E-state index in [4.69, 9.17) is 10.5 Å². The van der Waals surface area contributed by atoms with Crippen molar-refractivity contribution < 1.29 is 4.74 Å². The summed E-state index contributed by atoms with van der Waals surface area (Å²) < 4.78 is 5.48. The van der Waals surface area contributed by atoms with E-state index in [1.807, 2.05) is 0 Å². The molecule has 1 heterocycles. The third-order valence-corrected chi connectivity index (χ3v) is 4.26. The SMILES string of the molecule is COC(C)C(C)(CN)N1CCC(N(C)C)C1. The predicted octanol–water partition coefficient (Wildman–Crippen LogP) is 0.375. The molecule has 0 aromatic carbocycles. The lowest BCUT2D eigenvalue weighted by atomic mass is 9.94. The second kappa shape index (κ2) is 5.45. The lowest BCUT2D eigenvalue weighted by molar-refractivity contribution is -0.0228. The molecule has 0 saturated carbocycles. The van der Waals surface area contributed by atoms with Gasteiger partial charge in [0.05, 0.1) is 11.6 Å². The Balaban J connectivity index is 2.69. The second-order valence-electron chi connectivity index (χ2n) is 5.29. The van der Waals surface area contributed by atoms with Gasteiger partial charge in [0.15, 0.2) is 0 Å². The third kappa shape index (κ3) is 2.56. The van der Waals surface area contributed by atoms with E-state index in [2.05, 4.69) is 37.7 Å². The van der Waals surface area contributed by atoms with Gasteiger partial charge in [0.1, 0.15) is 0 Å². The summed E-state index contributed by atoms with van der Waals surface area (Å²) >= 11 is 0. The molecule has 16 heavy (non-hydrogen) atoms. The average molecular weight is 229 g/mol. The van der Waals surface area contributed by atoms with E-state index in [1.54, 1.807) is 7.11 Å². The molecular weight excluding hydrogens is 202 g/mol. The van der Waals surface area contributed by atoms with Crippen LogP contribution in [-0.2, 0) is 4.74 Å². The van der Waals surface area contributed by atoms with Crippen LogP contribution in [-0.4, -0.2) is 68.3 Å². The van der Waals surface area contributed by atoms with Crippen LogP contribution in [0.15, 0.2) is 0 Å². The van der Waals surface area contributed by atoms with Crippen molar-refractivity contribution in [3.05, 3.63) is 0 Å². The van der Waals surface area contributed by atoms with Crippen molar-refractivity contribution in [2.45, 2.75) is 38.0 Å². The Hall–Kier alpha value is -0.160. The summed E-state index contributed by atoms with van der Waals surface area (Å²) in [7, 11) is 6.06. The molecule has 0 bridgehead atoms. The molecule has 4 heteroatoms. The summed E-state index contributed by atoms with van der Waals surface area (Å²) in [6.45, 7) is 7.16. The van der Waals surface area contributed by atoms with Gasteiger partial charge in [-0.05, 0) is 34.4 Å². The van der Waals surface area contributed by atoms with Crippen molar-refractivity contribution in [3.63, 3.8) is 0 Å². The van der Waals surface area contributed by atoms with Gasteiger partial charge in [-0.1, -0.05) is 0 Å². The Bertz CT molecular complexity index is 222. The van der Waals surface area contributed by atoms with Crippen molar-refractivity contribution in [2.24, 2.45) is 5.73 Å². The van der Waals surface area contributed by atoms with Gasteiger partial charge in [-0.25, -0.2) is 0 Å². The third-order valence-electron chi connectivity index (χ3n) is 4.26. The van der Waals surface area contributed by atoms with E-state index in [9.17, 15) is 0 Å². The zero-order chi connectivity index (χ0) is 12.3. The van der Waals surface area contributed by atoms with Crippen LogP contribution in [0.5, 0.6) is 0 Å². The van der Waals surface area contributed by atoms with E-state index in [1.165, 1.54) is 6.42 Å². The Labute approximate surface area is 99.7 Å². The van der Waals surface area contributed by atoms with Crippen molar-refractivity contribution in [3.8, 4) is 0 Å². The van der Waals surface area contributed by atoms with Crippen LogP contribution in [0.1, 0.15) is 20.3 Å². The predicted molar refractivity (Wildman–Crippen MR) is 67.6 cm³/mol. The van der Waals surface area contributed by atoms with Gasteiger partial charge in [0, 0.05) is 32.8 Å². The minimum Gasteiger partial charge on any atom is -0.380 e. The zero-order valence-electron chi connectivity index (χ0n) is 11.4. The molecule has 1 saturated heterocycles. The molecule has 0 radical (unpaired) electrons. The first kappa shape index (κ1) is 13.9. The van der Waals surface area contributed by atoms with Gasteiger partial charge in [-0.3, -0.25) is 4.90 Å². The van der Waals surface area contributed by atoms with Crippen LogP contribution in [0.25, 0.3) is 0 Å². The Morgan fingerprint density at radius 3 is 2.56 bits per heavy atom. The molecule has 0 aromatic rings. The molecule has 1 fully saturated rings. The number of likely N-dealkylation sites (tertiary alicyclic amines) is 1. The van der Waals surface area contributed by atoms with Crippen molar-refractivity contribution in [1.82, 2.24) is 9.80 Å². The standard InChI is InChI=1S/C12H27N3O/c1-10(16-5)12(2,9-13)15-7-6-11(8-15)14(3)4/h10-11H,6-9,13H2,1-5H3. The maximum Gasteiger partial charge on any atom is 0.0736 e. The molecule has 0 amide bonds. The summed E-state index contributed by atoms with van der Waals surface area (Å²) in [4.78, 5) is 4.78. The molecule has 4 nitrogen and oxygen atoms in total. The number of methoxy groups -OCH3 is 1. The Kier molecular flexibility index (Phi) is 4.73. The highest BCUT2D eigenvalue weighted by atomic mass is 16.5. The molecule has 2 N–H and O–H groups in total. The van der Waals surface area contributed by atoms with Crippen LogP contribution in [0.3, 0.4) is 0 Å². The Morgan fingerprint density at radius 1 is 1.56 bits per heavy atom. The number of rotatable bonds is 5. The molecule has 96 valence electrons. The summed E-state index contributed by atoms with van der Waals surface area (Å²) in [5.74, 6) is 0. The fraction of sp³-hybridized carbons (Fsp3) is 1.00. The van der Waals surface area contributed by atoms with E-state index in [-0.39, 0.29) is 11.6 Å². The Morgan fingerprint density at radius 2 is 2.19 bits per heavy atom. The van der Waals surface area contributed by atoms with E-state index < -0.39 is 0 Å². The van der Waals surface area contributed by atoms with Gasteiger partial charge in [0.2, 0.25) is 0 Å². The average Bonchev–Trinajstić information content (AvgIpc) is 2.76. The highest BCUT2D eigenvalue weighted by molar-refractivity contribution is 4.97. The largest absolute Gasteiger partial charge is 0.380 e. The molecule has 0 spiro atoms. The van der Waals surface area contributed by atoms with E-state index in [0.717, 1.165) is 13.1 Å². The van der Waals surface area contributed by atoms with Crippen LogP contribution in [0, 0.1) is 0 Å². The van der Waals surface area contributed by atoms with Crippen LogP contribution >= 0.6 is 0 Å². The summed E-state index contributed by atoms with van der Waals surface area (Å²) in [6, 6.07) is 0.648. The lowest BCUT2D eigenvalue weighted by Gasteiger charge is -2.42. The van der Waals surface area contributed by atoms with Gasteiger partial charge in [0.25, 0.3) is 0 Å². The zero-order valence-corrected chi connectivity index (χ0v) is 11.4. The second-order valence-corrected chi connectivity index (χ2v) is 5.29. The number of hydrogen-bond acceptors (Lipinski definition) is 4. The van der Waals surface area contributed by atoms with Crippen LogP contribution < -0.4 is 5.73 Å². The monoisotopic (exact) mass is 229 g/mol. The van der Waals surface area contributed by atoms with Crippen molar-refractivity contribution >= 4 is 0 Å². The summed E-state index contributed by atoms with van der Waals surface area (Å²) in [6.07, 6.45) is 1.39. The van der Waals surface area contributed by atoms with Gasteiger partial charge < -0.3 is 15.4 Å². The van der Waals surface area contributed by atoms with Crippen molar-refractivity contribution in [2.75, 3.05) is 40.8 Å². The number of nitrogens with two attached hydrogens (primary N) is 1.